The number of amides is 2. The van der Waals surface area contributed by atoms with Gasteiger partial charge in [-0.25, -0.2) is 4.79 Å². The Balaban J connectivity index is 2.55. The molecule has 6 heteroatoms. The van der Waals surface area contributed by atoms with Crippen molar-refractivity contribution in [2.75, 3.05) is 20.4 Å². The lowest BCUT2D eigenvalue weighted by Crippen LogP contribution is -2.40. The molecular formula is C16H24N2O4. The molecule has 0 atom stereocenters. The number of carbonyl (C=O) groups excluding carboxylic acids is 2. The summed E-state index contributed by atoms with van der Waals surface area (Å²) in [5, 5.41) is 4.89. The fourth-order valence-corrected chi connectivity index (χ4v) is 1.82. The number of hydrogen-bond acceptors (Lipinski definition) is 4. The van der Waals surface area contributed by atoms with Crippen LogP contribution in [0.3, 0.4) is 0 Å². The molecule has 0 heterocycles. The van der Waals surface area contributed by atoms with E-state index in [-0.39, 0.29) is 18.7 Å². The highest BCUT2D eigenvalue weighted by Gasteiger charge is 2.19. The summed E-state index contributed by atoms with van der Waals surface area (Å²) in [6.45, 7) is 8.16. The molecule has 0 aliphatic rings. The first-order valence-corrected chi connectivity index (χ1v) is 7.06. The van der Waals surface area contributed by atoms with Crippen LogP contribution in [0.4, 0.5) is 4.79 Å². The summed E-state index contributed by atoms with van der Waals surface area (Å²) in [4.78, 5) is 22.4. The fourth-order valence-electron chi connectivity index (χ4n) is 1.82. The Hall–Kier alpha value is -2.24. The molecule has 1 aromatic rings. The van der Waals surface area contributed by atoms with Crippen LogP contribution in [0.2, 0.25) is 0 Å². The Kier molecular flexibility index (Phi) is 6.22. The van der Waals surface area contributed by atoms with Crippen molar-refractivity contribution in [2.45, 2.75) is 33.1 Å². The number of esters is 1. The average molecular weight is 308 g/mol. The van der Waals surface area contributed by atoms with Crippen molar-refractivity contribution in [3.8, 4) is 5.75 Å². The maximum absolute atomic E-state index is 11.5. The van der Waals surface area contributed by atoms with Crippen molar-refractivity contribution in [2.24, 2.45) is 0 Å². The van der Waals surface area contributed by atoms with Crippen molar-refractivity contribution < 1.29 is 19.1 Å². The number of nitrogens with one attached hydrogen (secondary N) is 2. The normalized spacial score (nSPS) is 10.8. The van der Waals surface area contributed by atoms with Gasteiger partial charge >= 0.3 is 12.0 Å². The van der Waals surface area contributed by atoms with Gasteiger partial charge in [0.1, 0.15) is 12.3 Å². The summed E-state index contributed by atoms with van der Waals surface area (Å²) in [7, 11) is 1.26. The summed E-state index contributed by atoms with van der Waals surface area (Å²) >= 11 is 0. The van der Waals surface area contributed by atoms with Gasteiger partial charge in [-0.15, -0.1) is 0 Å². The third-order valence-electron chi connectivity index (χ3n) is 3.02. The SMILES string of the molecule is COC(=O)CNC(=O)NCOc1ccc(C)cc1C(C)(C)C. The molecule has 1 rings (SSSR count). The van der Waals surface area contributed by atoms with Gasteiger partial charge in [0.25, 0.3) is 0 Å². The lowest BCUT2D eigenvalue weighted by molar-refractivity contribution is -0.139. The van der Waals surface area contributed by atoms with Crippen LogP contribution in [0.25, 0.3) is 0 Å². The molecule has 6 nitrogen and oxygen atoms in total. The van der Waals surface area contributed by atoms with E-state index in [9.17, 15) is 9.59 Å². The number of hydrogen-bond donors (Lipinski definition) is 2. The van der Waals surface area contributed by atoms with E-state index in [4.69, 9.17) is 4.74 Å². The Morgan fingerprint density at radius 2 is 1.86 bits per heavy atom. The van der Waals surface area contributed by atoms with Crippen molar-refractivity contribution in [1.82, 2.24) is 10.6 Å². The van der Waals surface area contributed by atoms with Crippen LogP contribution >= 0.6 is 0 Å². The second kappa shape index (κ2) is 7.68. The number of benzene rings is 1. The summed E-state index contributed by atoms with van der Waals surface area (Å²) in [6, 6.07) is 5.44. The Morgan fingerprint density at radius 1 is 1.18 bits per heavy atom. The molecule has 0 radical (unpaired) electrons. The van der Waals surface area contributed by atoms with Crippen LogP contribution in [0, 0.1) is 6.92 Å². The molecule has 0 fully saturated rings. The Labute approximate surface area is 131 Å². The molecule has 0 saturated heterocycles. The second-order valence-corrected chi connectivity index (χ2v) is 5.97. The molecule has 0 aliphatic carbocycles. The maximum atomic E-state index is 11.5. The standard InChI is InChI=1S/C16H24N2O4/c1-11-6-7-13(12(8-11)16(2,3)4)22-10-18-15(20)17-9-14(19)21-5/h6-8H,9-10H2,1-5H3,(H2,17,18,20). The summed E-state index contributed by atoms with van der Waals surface area (Å²) in [5.74, 6) is 0.219. The van der Waals surface area contributed by atoms with E-state index in [2.05, 4.69) is 42.2 Å². The van der Waals surface area contributed by atoms with Gasteiger partial charge in [0.05, 0.1) is 7.11 Å². The number of rotatable bonds is 5. The van der Waals surface area contributed by atoms with Crippen LogP contribution in [0.1, 0.15) is 31.9 Å². The fraction of sp³-hybridized carbons (Fsp3) is 0.500. The number of carbonyl (C=O) groups is 2. The third-order valence-corrected chi connectivity index (χ3v) is 3.02. The smallest absolute Gasteiger partial charge is 0.325 e. The minimum Gasteiger partial charge on any atom is -0.473 e. The number of methoxy groups -OCH3 is 1. The first-order chi connectivity index (χ1) is 10.2. The highest BCUT2D eigenvalue weighted by molar-refractivity contribution is 5.80. The molecule has 22 heavy (non-hydrogen) atoms. The molecule has 122 valence electrons. The minimum absolute atomic E-state index is 0.0130. The zero-order valence-corrected chi connectivity index (χ0v) is 13.8. The quantitative estimate of drug-likeness (QED) is 0.645. The molecule has 2 N–H and O–H groups in total. The van der Waals surface area contributed by atoms with Gasteiger partial charge in [-0.2, -0.15) is 0 Å². The predicted octanol–water partition coefficient (Wildman–Crippen LogP) is 2.10. The molecule has 0 bridgehead atoms. The van der Waals surface area contributed by atoms with Gasteiger partial charge < -0.3 is 20.1 Å². The van der Waals surface area contributed by atoms with Crippen molar-refractivity contribution in [3.05, 3.63) is 29.3 Å². The van der Waals surface area contributed by atoms with Gasteiger partial charge in [-0.05, 0) is 24.0 Å². The molecular weight excluding hydrogens is 284 g/mol. The van der Waals surface area contributed by atoms with E-state index in [1.807, 2.05) is 19.1 Å². The van der Waals surface area contributed by atoms with Gasteiger partial charge in [0, 0.05) is 0 Å². The van der Waals surface area contributed by atoms with E-state index in [0.29, 0.717) is 0 Å². The molecule has 1 aromatic carbocycles. The monoisotopic (exact) mass is 308 g/mol. The molecule has 0 unspecified atom stereocenters. The van der Waals surface area contributed by atoms with Gasteiger partial charge in [0.15, 0.2) is 6.73 Å². The third kappa shape index (κ3) is 5.63. The molecule has 0 aliphatic heterocycles. The molecule has 0 spiro atoms. The van der Waals surface area contributed by atoms with Crippen molar-refractivity contribution >= 4 is 12.0 Å². The zero-order chi connectivity index (χ0) is 16.8. The Bertz CT molecular complexity index is 535. The maximum Gasteiger partial charge on any atom is 0.325 e. The zero-order valence-electron chi connectivity index (χ0n) is 13.8. The molecule has 2 amide bonds. The lowest BCUT2D eigenvalue weighted by Gasteiger charge is -2.23. The summed E-state index contributed by atoms with van der Waals surface area (Å²) in [5.41, 5.74) is 2.17. The van der Waals surface area contributed by atoms with Crippen molar-refractivity contribution in [3.63, 3.8) is 0 Å². The Morgan fingerprint density at radius 3 is 2.45 bits per heavy atom. The predicted molar refractivity (Wildman–Crippen MR) is 83.9 cm³/mol. The van der Waals surface area contributed by atoms with E-state index >= 15 is 0 Å². The summed E-state index contributed by atoms with van der Waals surface area (Å²) < 4.78 is 10.1. The number of aryl methyl sites for hydroxylation is 1. The molecule has 0 saturated carbocycles. The topological polar surface area (TPSA) is 76.7 Å². The average Bonchev–Trinajstić information content (AvgIpc) is 2.45. The van der Waals surface area contributed by atoms with Crippen LogP contribution in [-0.4, -0.2) is 32.4 Å². The first kappa shape index (κ1) is 17.8. The van der Waals surface area contributed by atoms with Gasteiger partial charge in [-0.3, -0.25) is 4.79 Å². The van der Waals surface area contributed by atoms with Crippen molar-refractivity contribution in [1.29, 1.82) is 0 Å². The summed E-state index contributed by atoms with van der Waals surface area (Å²) in [6.07, 6.45) is 0. The highest BCUT2D eigenvalue weighted by Crippen LogP contribution is 2.31. The first-order valence-electron chi connectivity index (χ1n) is 7.06. The second-order valence-electron chi connectivity index (χ2n) is 5.97. The minimum atomic E-state index is -0.510. The van der Waals surface area contributed by atoms with Gasteiger partial charge in [0.2, 0.25) is 0 Å². The van der Waals surface area contributed by atoms with E-state index in [0.717, 1.165) is 16.9 Å². The lowest BCUT2D eigenvalue weighted by atomic mass is 9.85. The number of ether oxygens (including phenoxy) is 2. The van der Waals surface area contributed by atoms with E-state index < -0.39 is 12.0 Å². The largest absolute Gasteiger partial charge is 0.473 e. The van der Waals surface area contributed by atoms with Crippen LogP contribution in [-0.2, 0) is 14.9 Å². The van der Waals surface area contributed by atoms with E-state index in [1.54, 1.807) is 0 Å². The molecule has 0 aromatic heterocycles. The van der Waals surface area contributed by atoms with Crippen LogP contribution < -0.4 is 15.4 Å². The highest BCUT2D eigenvalue weighted by atomic mass is 16.5. The van der Waals surface area contributed by atoms with E-state index in [1.165, 1.54) is 7.11 Å². The van der Waals surface area contributed by atoms with Crippen LogP contribution in [0.15, 0.2) is 18.2 Å². The van der Waals surface area contributed by atoms with Gasteiger partial charge in [-0.1, -0.05) is 38.5 Å². The number of urea groups is 1. The van der Waals surface area contributed by atoms with Crippen LogP contribution in [0.5, 0.6) is 5.75 Å².